The molecule has 8 heteroatoms. The van der Waals surface area contributed by atoms with Crippen LogP contribution < -0.4 is 10.3 Å². The van der Waals surface area contributed by atoms with Gasteiger partial charge in [-0.15, -0.1) is 0 Å². The highest BCUT2D eigenvalue weighted by molar-refractivity contribution is 5.68. The first-order valence-electron chi connectivity index (χ1n) is 6.78. The van der Waals surface area contributed by atoms with Crippen molar-refractivity contribution in [2.24, 2.45) is 0 Å². The van der Waals surface area contributed by atoms with E-state index >= 15 is 0 Å². The van der Waals surface area contributed by atoms with Crippen LogP contribution in [0.1, 0.15) is 5.69 Å². The highest BCUT2D eigenvalue weighted by Crippen LogP contribution is 2.34. The maximum Gasteiger partial charge on any atom is 0.434 e. The summed E-state index contributed by atoms with van der Waals surface area (Å²) in [5.74, 6) is 0.165. The van der Waals surface area contributed by atoms with Gasteiger partial charge in [0.1, 0.15) is 17.1 Å². The summed E-state index contributed by atoms with van der Waals surface area (Å²) in [6.07, 6.45) is -3.52. The molecule has 1 aromatic carbocycles. The fourth-order valence-electron chi connectivity index (χ4n) is 2.34. The molecule has 0 spiro atoms. The number of halogens is 3. The van der Waals surface area contributed by atoms with E-state index in [0.717, 1.165) is 4.40 Å². The van der Waals surface area contributed by atoms with Crippen molar-refractivity contribution in [3.63, 3.8) is 0 Å². The highest BCUT2D eigenvalue weighted by Gasteiger charge is 2.38. The molecule has 3 rings (SSSR count). The topological polar surface area (TPSA) is 63.8 Å². The molecular weight excluding hydrogens is 325 g/mol. The normalized spacial score (nSPS) is 11.7. The first kappa shape index (κ1) is 15.9. The maximum absolute atomic E-state index is 13.4. The van der Waals surface area contributed by atoms with Gasteiger partial charge in [-0.25, -0.2) is 4.98 Å². The zero-order chi connectivity index (χ0) is 17.5. The second kappa shape index (κ2) is 5.55. The second-order valence-corrected chi connectivity index (χ2v) is 4.98. The summed E-state index contributed by atoms with van der Waals surface area (Å²) >= 11 is 0. The lowest BCUT2D eigenvalue weighted by Gasteiger charge is -2.14. The van der Waals surface area contributed by atoms with Gasteiger partial charge in [0, 0.05) is 12.3 Å². The number of benzene rings is 1. The Morgan fingerprint density at radius 1 is 1.17 bits per heavy atom. The smallest absolute Gasteiger partial charge is 0.434 e. The van der Waals surface area contributed by atoms with E-state index in [1.165, 1.54) is 49.7 Å². The minimum Gasteiger partial charge on any atom is -0.508 e. The minimum absolute atomic E-state index is 0.0165. The quantitative estimate of drug-likeness (QED) is 0.781. The third-order valence-corrected chi connectivity index (χ3v) is 3.46. The number of nitrogens with zero attached hydrogens (tertiary/aromatic N) is 2. The fraction of sp³-hybridized carbons (Fsp3) is 0.125. The monoisotopic (exact) mass is 336 g/mol. The zero-order valence-electron chi connectivity index (χ0n) is 12.3. The number of methoxy groups -OCH3 is 1. The van der Waals surface area contributed by atoms with Gasteiger partial charge in [0.2, 0.25) is 0 Å². The van der Waals surface area contributed by atoms with Crippen LogP contribution in [-0.4, -0.2) is 21.6 Å². The standard InChI is InChI=1S/C16H11F3N2O3/c1-24-11-6-7-21-12(8-11)20-14(16(17,18)19)13(15(21)23)9-2-4-10(22)5-3-9/h2-8,22H,1H3. The van der Waals surface area contributed by atoms with Gasteiger partial charge in [-0.3, -0.25) is 9.20 Å². The molecule has 24 heavy (non-hydrogen) atoms. The van der Waals surface area contributed by atoms with Gasteiger partial charge in [-0.05, 0) is 23.8 Å². The molecular formula is C16H11F3N2O3. The molecule has 0 aliphatic carbocycles. The molecule has 0 aliphatic rings. The second-order valence-electron chi connectivity index (χ2n) is 4.98. The van der Waals surface area contributed by atoms with Crippen LogP contribution in [0.3, 0.4) is 0 Å². The molecule has 2 aromatic heterocycles. The molecule has 0 bridgehead atoms. The van der Waals surface area contributed by atoms with Gasteiger partial charge < -0.3 is 9.84 Å². The first-order chi connectivity index (χ1) is 11.3. The molecule has 0 amide bonds. The lowest BCUT2D eigenvalue weighted by molar-refractivity contribution is -0.140. The summed E-state index contributed by atoms with van der Waals surface area (Å²) in [7, 11) is 1.36. The van der Waals surface area contributed by atoms with Crippen LogP contribution in [0, 0.1) is 0 Å². The summed E-state index contributed by atoms with van der Waals surface area (Å²) in [5.41, 5.74) is -2.88. The Bertz CT molecular complexity index is 963. The van der Waals surface area contributed by atoms with E-state index in [0.29, 0.717) is 0 Å². The summed E-state index contributed by atoms with van der Waals surface area (Å²) in [4.78, 5) is 16.2. The predicted octanol–water partition coefficient (Wildman–Crippen LogP) is 3.09. The third kappa shape index (κ3) is 2.66. The highest BCUT2D eigenvalue weighted by atomic mass is 19.4. The van der Waals surface area contributed by atoms with Gasteiger partial charge in [0.05, 0.1) is 12.7 Å². The molecule has 0 saturated carbocycles. The number of ether oxygens (including phenoxy) is 1. The Hall–Kier alpha value is -3.03. The maximum atomic E-state index is 13.4. The van der Waals surface area contributed by atoms with E-state index in [1.807, 2.05) is 0 Å². The number of pyridine rings is 1. The Morgan fingerprint density at radius 2 is 1.83 bits per heavy atom. The first-order valence-corrected chi connectivity index (χ1v) is 6.78. The van der Waals surface area contributed by atoms with E-state index in [9.17, 15) is 23.1 Å². The number of alkyl halides is 3. The average molecular weight is 336 g/mol. The van der Waals surface area contributed by atoms with Crippen LogP contribution >= 0.6 is 0 Å². The zero-order valence-corrected chi connectivity index (χ0v) is 12.3. The molecule has 5 nitrogen and oxygen atoms in total. The van der Waals surface area contributed by atoms with Crippen LogP contribution in [0.4, 0.5) is 13.2 Å². The SMILES string of the molecule is COc1ccn2c(=O)c(-c3ccc(O)cc3)c(C(F)(F)F)nc2c1. The van der Waals surface area contributed by atoms with Crippen molar-refractivity contribution in [2.45, 2.75) is 6.18 Å². The lowest BCUT2D eigenvalue weighted by Crippen LogP contribution is -2.24. The molecule has 2 heterocycles. The molecule has 0 saturated heterocycles. The third-order valence-electron chi connectivity index (χ3n) is 3.46. The van der Waals surface area contributed by atoms with E-state index in [-0.39, 0.29) is 22.7 Å². The summed E-state index contributed by atoms with van der Waals surface area (Å²) in [6.45, 7) is 0. The molecule has 0 fully saturated rings. The molecule has 124 valence electrons. The molecule has 0 unspecified atom stereocenters. The van der Waals surface area contributed by atoms with Crippen LogP contribution in [-0.2, 0) is 6.18 Å². The predicted molar refractivity (Wildman–Crippen MR) is 80.1 cm³/mol. The van der Waals surface area contributed by atoms with Gasteiger partial charge in [0.25, 0.3) is 5.56 Å². The Morgan fingerprint density at radius 3 is 2.42 bits per heavy atom. The molecule has 0 aliphatic heterocycles. The van der Waals surface area contributed by atoms with Crippen LogP contribution in [0.2, 0.25) is 0 Å². The number of aromatic hydroxyl groups is 1. The number of hydrogen-bond donors (Lipinski definition) is 1. The Labute approximate surface area is 133 Å². The minimum atomic E-state index is -4.82. The molecule has 1 N–H and O–H groups in total. The van der Waals surface area contributed by atoms with Crippen molar-refractivity contribution >= 4 is 5.65 Å². The van der Waals surface area contributed by atoms with Crippen LogP contribution in [0.15, 0.2) is 47.4 Å². The lowest BCUT2D eigenvalue weighted by atomic mass is 10.0. The molecule has 0 radical (unpaired) electrons. The van der Waals surface area contributed by atoms with Crippen molar-refractivity contribution in [3.8, 4) is 22.6 Å². The number of aromatic nitrogens is 2. The largest absolute Gasteiger partial charge is 0.508 e. The van der Waals surface area contributed by atoms with Crippen molar-refractivity contribution in [2.75, 3.05) is 7.11 Å². The van der Waals surface area contributed by atoms with Gasteiger partial charge >= 0.3 is 6.18 Å². The Kier molecular flexibility index (Phi) is 3.67. The fourth-order valence-corrected chi connectivity index (χ4v) is 2.34. The number of phenolic OH excluding ortho intramolecular Hbond substituents is 1. The van der Waals surface area contributed by atoms with Gasteiger partial charge in [-0.2, -0.15) is 13.2 Å². The number of fused-ring (bicyclic) bond motifs is 1. The number of rotatable bonds is 2. The van der Waals surface area contributed by atoms with Crippen molar-refractivity contribution in [1.82, 2.24) is 9.38 Å². The number of phenols is 1. The van der Waals surface area contributed by atoms with Crippen molar-refractivity contribution < 1.29 is 23.0 Å². The molecule has 3 aromatic rings. The van der Waals surface area contributed by atoms with E-state index in [1.54, 1.807) is 0 Å². The van der Waals surface area contributed by atoms with Crippen LogP contribution in [0.25, 0.3) is 16.8 Å². The summed E-state index contributed by atoms with van der Waals surface area (Å²) in [6, 6.07) is 7.58. The van der Waals surface area contributed by atoms with Gasteiger partial charge in [0.15, 0.2) is 5.69 Å². The molecule has 0 atom stereocenters. The van der Waals surface area contributed by atoms with Gasteiger partial charge in [-0.1, -0.05) is 12.1 Å². The van der Waals surface area contributed by atoms with E-state index < -0.39 is 23.0 Å². The Balaban J connectivity index is 2.40. The van der Waals surface area contributed by atoms with Crippen LogP contribution in [0.5, 0.6) is 11.5 Å². The number of hydrogen-bond acceptors (Lipinski definition) is 4. The average Bonchev–Trinajstić information content (AvgIpc) is 2.54. The summed E-state index contributed by atoms with van der Waals surface area (Å²) in [5, 5.41) is 9.30. The van der Waals surface area contributed by atoms with E-state index in [4.69, 9.17) is 4.74 Å². The van der Waals surface area contributed by atoms with Crippen molar-refractivity contribution in [1.29, 1.82) is 0 Å². The van der Waals surface area contributed by atoms with Crippen molar-refractivity contribution in [3.05, 3.63) is 58.6 Å². The van der Waals surface area contributed by atoms with E-state index in [2.05, 4.69) is 4.98 Å². The summed E-state index contributed by atoms with van der Waals surface area (Å²) < 4.78 is 46.2.